The lowest BCUT2D eigenvalue weighted by Crippen LogP contribution is -2.28. The second-order valence-electron chi connectivity index (χ2n) is 4.16. The van der Waals surface area contributed by atoms with Crippen molar-refractivity contribution in [3.63, 3.8) is 0 Å². The average Bonchev–Trinajstić information content (AvgIpc) is 2.52. The number of amides is 1. The van der Waals surface area contributed by atoms with Gasteiger partial charge in [0.05, 0.1) is 5.56 Å². The number of nitrogens with zero attached hydrogens (tertiary/aromatic N) is 1. The zero-order valence-electron chi connectivity index (χ0n) is 10.9. The van der Waals surface area contributed by atoms with E-state index in [4.69, 9.17) is 10.00 Å². The zero-order chi connectivity index (χ0) is 14.2. The molecule has 0 aliphatic heterocycles. The van der Waals surface area contributed by atoms with Crippen LogP contribution in [0.4, 0.5) is 0 Å². The van der Waals surface area contributed by atoms with Crippen LogP contribution in [0.25, 0.3) is 0 Å². The van der Waals surface area contributed by atoms with Gasteiger partial charge in [0.2, 0.25) is 0 Å². The first-order chi connectivity index (χ1) is 9.79. The lowest BCUT2D eigenvalue weighted by Gasteiger charge is -2.08. The first-order valence-corrected chi connectivity index (χ1v) is 6.22. The second kappa shape index (κ2) is 6.95. The highest BCUT2D eigenvalue weighted by molar-refractivity contribution is 5.77. The van der Waals surface area contributed by atoms with Gasteiger partial charge in [0.15, 0.2) is 6.61 Å². The third kappa shape index (κ3) is 3.85. The van der Waals surface area contributed by atoms with Crippen LogP contribution in [-0.2, 0) is 11.3 Å². The Morgan fingerprint density at radius 3 is 2.55 bits per heavy atom. The van der Waals surface area contributed by atoms with E-state index >= 15 is 0 Å². The molecule has 2 rings (SSSR count). The predicted octanol–water partition coefficient (Wildman–Crippen LogP) is 2.25. The molecule has 0 fully saturated rings. The van der Waals surface area contributed by atoms with Crippen LogP contribution in [0.5, 0.6) is 5.75 Å². The fourth-order valence-electron chi connectivity index (χ4n) is 1.68. The van der Waals surface area contributed by atoms with Gasteiger partial charge < -0.3 is 10.1 Å². The van der Waals surface area contributed by atoms with Gasteiger partial charge in [-0.15, -0.1) is 0 Å². The lowest BCUT2D eigenvalue weighted by molar-refractivity contribution is -0.123. The number of nitriles is 1. The van der Waals surface area contributed by atoms with E-state index in [2.05, 4.69) is 5.32 Å². The van der Waals surface area contributed by atoms with Gasteiger partial charge in [0.25, 0.3) is 5.91 Å². The van der Waals surface area contributed by atoms with E-state index in [0.717, 1.165) is 5.56 Å². The Hall–Kier alpha value is -2.80. The van der Waals surface area contributed by atoms with Crippen molar-refractivity contribution in [1.82, 2.24) is 5.32 Å². The highest BCUT2D eigenvalue weighted by Crippen LogP contribution is 2.16. The predicted molar refractivity (Wildman–Crippen MR) is 74.9 cm³/mol. The van der Waals surface area contributed by atoms with Gasteiger partial charge in [0, 0.05) is 6.54 Å². The Labute approximate surface area is 117 Å². The van der Waals surface area contributed by atoms with E-state index in [-0.39, 0.29) is 12.5 Å². The van der Waals surface area contributed by atoms with Crippen molar-refractivity contribution < 1.29 is 9.53 Å². The maximum atomic E-state index is 11.7. The van der Waals surface area contributed by atoms with E-state index < -0.39 is 0 Å². The number of hydrogen-bond donors (Lipinski definition) is 1. The minimum absolute atomic E-state index is 0.106. The first-order valence-electron chi connectivity index (χ1n) is 6.22. The Morgan fingerprint density at radius 1 is 1.10 bits per heavy atom. The van der Waals surface area contributed by atoms with Crippen molar-refractivity contribution in [1.29, 1.82) is 5.26 Å². The number of benzene rings is 2. The van der Waals surface area contributed by atoms with Gasteiger partial charge in [0.1, 0.15) is 11.8 Å². The van der Waals surface area contributed by atoms with Gasteiger partial charge in [-0.3, -0.25) is 4.79 Å². The monoisotopic (exact) mass is 266 g/mol. The van der Waals surface area contributed by atoms with Crippen molar-refractivity contribution in [2.24, 2.45) is 0 Å². The molecule has 100 valence electrons. The molecule has 1 N–H and O–H groups in total. The average molecular weight is 266 g/mol. The Kier molecular flexibility index (Phi) is 4.74. The maximum absolute atomic E-state index is 11.7. The summed E-state index contributed by atoms with van der Waals surface area (Å²) < 4.78 is 5.34. The van der Waals surface area contributed by atoms with Gasteiger partial charge in [-0.1, -0.05) is 42.5 Å². The van der Waals surface area contributed by atoms with Crippen molar-refractivity contribution in [3.05, 3.63) is 65.7 Å². The summed E-state index contributed by atoms with van der Waals surface area (Å²) in [6, 6.07) is 18.5. The quantitative estimate of drug-likeness (QED) is 0.902. The third-order valence-electron chi connectivity index (χ3n) is 2.70. The molecule has 4 nitrogen and oxygen atoms in total. The summed E-state index contributed by atoms with van der Waals surface area (Å²) in [4.78, 5) is 11.7. The topological polar surface area (TPSA) is 62.1 Å². The number of nitrogens with one attached hydrogen (secondary N) is 1. The molecule has 0 heterocycles. The molecule has 20 heavy (non-hydrogen) atoms. The molecule has 4 heteroatoms. The molecular weight excluding hydrogens is 252 g/mol. The van der Waals surface area contributed by atoms with Crippen molar-refractivity contribution >= 4 is 5.91 Å². The fourth-order valence-corrected chi connectivity index (χ4v) is 1.68. The molecule has 0 saturated carbocycles. The molecular formula is C16H14N2O2. The standard InChI is InChI=1S/C16H14N2O2/c17-10-14-8-4-5-9-15(14)20-12-16(19)18-11-13-6-2-1-3-7-13/h1-9H,11-12H2,(H,18,19). The maximum Gasteiger partial charge on any atom is 0.258 e. The molecule has 0 bridgehead atoms. The van der Waals surface area contributed by atoms with Crippen LogP contribution in [0.2, 0.25) is 0 Å². The van der Waals surface area contributed by atoms with E-state index in [1.165, 1.54) is 0 Å². The van der Waals surface area contributed by atoms with Gasteiger partial charge in [-0.2, -0.15) is 5.26 Å². The first kappa shape index (κ1) is 13.6. The Bertz CT molecular complexity index is 618. The smallest absolute Gasteiger partial charge is 0.258 e. The summed E-state index contributed by atoms with van der Waals surface area (Å²) in [6.45, 7) is 0.356. The number of para-hydroxylation sites is 1. The van der Waals surface area contributed by atoms with Crippen molar-refractivity contribution in [2.75, 3.05) is 6.61 Å². The van der Waals surface area contributed by atoms with Gasteiger partial charge in [-0.25, -0.2) is 0 Å². The Morgan fingerprint density at radius 2 is 1.80 bits per heavy atom. The van der Waals surface area contributed by atoms with Crippen molar-refractivity contribution in [2.45, 2.75) is 6.54 Å². The molecule has 1 amide bonds. The summed E-state index contributed by atoms with van der Waals surface area (Å²) in [7, 11) is 0. The summed E-state index contributed by atoms with van der Waals surface area (Å²) in [5, 5.41) is 11.7. The fraction of sp³-hybridized carbons (Fsp3) is 0.125. The van der Waals surface area contributed by atoms with E-state index in [1.807, 2.05) is 36.4 Å². The normalized spacial score (nSPS) is 9.55. The summed E-state index contributed by atoms with van der Waals surface area (Å²) >= 11 is 0. The highest BCUT2D eigenvalue weighted by atomic mass is 16.5. The molecule has 0 aliphatic rings. The van der Waals surface area contributed by atoms with Crippen LogP contribution in [0.15, 0.2) is 54.6 Å². The van der Waals surface area contributed by atoms with Crippen LogP contribution in [-0.4, -0.2) is 12.5 Å². The minimum atomic E-state index is -0.221. The van der Waals surface area contributed by atoms with Crippen LogP contribution >= 0.6 is 0 Å². The molecule has 0 radical (unpaired) electrons. The van der Waals surface area contributed by atoms with Crippen LogP contribution in [0.3, 0.4) is 0 Å². The van der Waals surface area contributed by atoms with Crippen LogP contribution in [0, 0.1) is 11.3 Å². The molecule has 0 unspecified atom stereocenters. The summed E-state index contributed by atoms with van der Waals surface area (Å²) in [5.74, 6) is 0.200. The van der Waals surface area contributed by atoms with E-state index in [9.17, 15) is 4.79 Å². The van der Waals surface area contributed by atoms with Crippen LogP contribution in [0.1, 0.15) is 11.1 Å². The highest BCUT2D eigenvalue weighted by Gasteiger charge is 2.05. The largest absolute Gasteiger partial charge is 0.482 e. The van der Waals surface area contributed by atoms with Gasteiger partial charge in [-0.05, 0) is 17.7 Å². The van der Waals surface area contributed by atoms with Gasteiger partial charge >= 0.3 is 0 Å². The van der Waals surface area contributed by atoms with E-state index in [0.29, 0.717) is 17.9 Å². The van der Waals surface area contributed by atoms with E-state index in [1.54, 1.807) is 24.3 Å². The minimum Gasteiger partial charge on any atom is -0.482 e. The summed E-state index contributed by atoms with van der Waals surface area (Å²) in [6.07, 6.45) is 0. The van der Waals surface area contributed by atoms with Crippen LogP contribution < -0.4 is 10.1 Å². The molecule has 0 aliphatic carbocycles. The number of hydrogen-bond acceptors (Lipinski definition) is 3. The molecule has 0 saturated heterocycles. The SMILES string of the molecule is N#Cc1ccccc1OCC(=O)NCc1ccccc1. The summed E-state index contributed by atoms with van der Waals surface area (Å²) in [5.41, 5.74) is 1.45. The number of ether oxygens (including phenoxy) is 1. The molecule has 0 aromatic heterocycles. The number of carbonyl (C=O) groups is 1. The number of rotatable bonds is 5. The Balaban J connectivity index is 1.82. The molecule has 0 spiro atoms. The molecule has 0 atom stereocenters. The van der Waals surface area contributed by atoms with Crippen molar-refractivity contribution in [3.8, 4) is 11.8 Å². The second-order valence-corrected chi connectivity index (χ2v) is 4.16. The number of carbonyl (C=O) groups excluding carboxylic acids is 1. The molecule has 2 aromatic rings. The molecule has 2 aromatic carbocycles. The third-order valence-corrected chi connectivity index (χ3v) is 2.70. The lowest BCUT2D eigenvalue weighted by atomic mass is 10.2. The zero-order valence-corrected chi connectivity index (χ0v) is 10.9.